The van der Waals surface area contributed by atoms with Crippen LogP contribution in [0.15, 0.2) is 54.6 Å². The number of carbonyl (C=O) groups is 1. The van der Waals surface area contributed by atoms with Crippen LogP contribution in [-0.2, 0) is 4.79 Å². The van der Waals surface area contributed by atoms with E-state index in [4.69, 9.17) is 0 Å². The first kappa shape index (κ1) is 16.0. The van der Waals surface area contributed by atoms with E-state index in [9.17, 15) is 4.79 Å². The topological polar surface area (TPSA) is 17.1 Å². The van der Waals surface area contributed by atoms with E-state index in [0.29, 0.717) is 0 Å². The Hall–Kier alpha value is -2.41. The molecule has 0 saturated heterocycles. The van der Waals surface area contributed by atoms with Crippen molar-refractivity contribution in [3.8, 4) is 0 Å². The van der Waals surface area contributed by atoms with Gasteiger partial charge in [0.25, 0.3) is 0 Å². The summed E-state index contributed by atoms with van der Waals surface area (Å²) < 4.78 is 0. The fourth-order valence-electron chi connectivity index (χ4n) is 2.54. The Morgan fingerprint density at radius 1 is 0.864 bits per heavy atom. The van der Waals surface area contributed by atoms with Crippen molar-refractivity contribution in [2.75, 3.05) is 0 Å². The van der Waals surface area contributed by atoms with Gasteiger partial charge in [-0.2, -0.15) is 0 Å². The molecule has 0 fully saturated rings. The van der Waals surface area contributed by atoms with Crippen LogP contribution in [-0.4, -0.2) is 5.78 Å². The molecule has 0 aromatic heterocycles. The maximum atomic E-state index is 11.4. The lowest BCUT2D eigenvalue weighted by Crippen LogP contribution is -1.95. The number of hydrogen-bond acceptors (Lipinski definition) is 1. The van der Waals surface area contributed by atoms with Crippen molar-refractivity contribution in [1.82, 2.24) is 0 Å². The zero-order valence-corrected chi connectivity index (χ0v) is 13.7. The zero-order valence-electron chi connectivity index (χ0n) is 13.7. The van der Waals surface area contributed by atoms with Crippen molar-refractivity contribution in [3.63, 3.8) is 0 Å². The van der Waals surface area contributed by atoms with Crippen molar-refractivity contribution < 1.29 is 4.79 Å². The molecule has 0 bridgehead atoms. The fourth-order valence-corrected chi connectivity index (χ4v) is 2.54. The van der Waals surface area contributed by atoms with Gasteiger partial charge < -0.3 is 0 Å². The Morgan fingerprint density at radius 3 is 2.14 bits per heavy atom. The van der Waals surface area contributed by atoms with Gasteiger partial charge >= 0.3 is 0 Å². The Bertz CT molecular complexity index is 734. The summed E-state index contributed by atoms with van der Waals surface area (Å²) in [5.41, 5.74) is 7.15. The van der Waals surface area contributed by atoms with Crippen LogP contribution < -0.4 is 0 Å². The quantitative estimate of drug-likeness (QED) is 0.424. The van der Waals surface area contributed by atoms with Crippen LogP contribution in [0.5, 0.6) is 0 Å². The molecule has 0 aliphatic rings. The summed E-state index contributed by atoms with van der Waals surface area (Å²) >= 11 is 0. The number of aryl methyl sites for hydroxylation is 2. The number of ketones is 1. The molecule has 2 aromatic carbocycles. The second-order valence-corrected chi connectivity index (χ2v) is 5.65. The summed E-state index contributed by atoms with van der Waals surface area (Å²) in [5, 5.41) is 0. The predicted octanol–water partition coefficient (Wildman–Crippen LogP) is 5.30. The Labute approximate surface area is 133 Å². The van der Waals surface area contributed by atoms with E-state index >= 15 is 0 Å². The lowest BCUT2D eigenvalue weighted by atomic mass is 9.91. The van der Waals surface area contributed by atoms with Crippen molar-refractivity contribution >= 4 is 17.4 Å². The number of allylic oxidation sites excluding steroid dienone is 3. The van der Waals surface area contributed by atoms with Gasteiger partial charge in [0, 0.05) is 0 Å². The van der Waals surface area contributed by atoms with Crippen LogP contribution in [0.4, 0.5) is 0 Å². The van der Waals surface area contributed by atoms with Crippen LogP contribution >= 0.6 is 0 Å². The molecule has 2 aromatic rings. The minimum atomic E-state index is 0.0573. The van der Waals surface area contributed by atoms with E-state index < -0.39 is 0 Å². The Balaban J connectivity index is 2.62. The summed E-state index contributed by atoms with van der Waals surface area (Å²) in [6.45, 7) is 7.94. The van der Waals surface area contributed by atoms with Gasteiger partial charge in [-0.15, -0.1) is 0 Å². The second-order valence-electron chi connectivity index (χ2n) is 5.65. The van der Waals surface area contributed by atoms with E-state index in [2.05, 4.69) is 51.1 Å². The summed E-state index contributed by atoms with van der Waals surface area (Å²) in [4.78, 5) is 11.4. The van der Waals surface area contributed by atoms with Crippen molar-refractivity contribution in [3.05, 3.63) is 82.4 Å². The van der Waals surface area contributed by atoms with E-state index in [1.807, 2.05) is 24.3 Å². The molecular weight excluding hydrogens is 268 g/mol. The molecule has 1 nitrogen and oxygen atoms in total. The number of hydrogen-bond donors (Lipinski definition) is 0. The lowest BCUT2D eigenvalue weighted by Gasteiger charge is -2.14. The normalized spacial score (nSPS) is 11.9. The van der Waals surface area contributed by atoms with Gasteiger partial charge in [-0.1, -0.05) is 48.5 Å². The first-order valence-electron chi connectivity index (χ1n) is 7.51. The molecule has 0 spiro atoms. The molecule has 0 radical (unpaired) electrons. The Kier molecular flexibility index (Phi) is 5.11. The van der Waals surface area contributed by atoms with Crippen LogP contribution in [0.1, 0.15) is 34.7 Å². The van der Waals surface area contributed by atoms with E-state index in [1.54, 1.807) is 13.0 Å². The van der Waals surface area contributed by atoms with Crippen molar-refractivity contribution in [2.45, 2.75) is 27.7 Å². The fraction of sp³-hybridized carbons (Fsp3) is 0.190. The first-order valence-corrected chi connectivity index (χ1v) is 7.51. The van der Waals surface area contributed by atoms with Gasteiger partial charge in [0.15, 0.2) is 5.78 Å². The molecule has 2 rings (SSSR count). The van der Waals surface area contributed by atoms with Crippen molar-refractivity contribution in [1.29, 1.82) is 0 Å². The molecule has 0 heterocycles. The lowest BCUT2D eigenvalue weighted by molar-refractivity contribution is -0.112. The number of benzene rings is 2. The monoisotopic (exact) mass is 290 g/mol. The molecule has 0 aliphatic heterocycles. The largest absolute Gasteiger partial charge is 0.295 e. The summed E-state index contributed by atoms with van der Waals surface area (Å²) in [7, 11) is 0. The highest BCUT2D eigenvalue weighted by Crippen LogP contribution is 2.28. The highest BCUT2D eigenvalue weighted by atomic mass is 16.1. The smallest absolute Gasteiger partial charge is 0.152 e. The van der Waals surface area contributed by atoms with Crippen LogP contribution in [0.3, 0.4) is 0 Å². The maximum Gasteiger partial charge on any atom is 0.152 e. The maximum absolute atomic E-state index is 11.4. The van der Waals surface area contributed by atoms with Crippen LogP contribution in [0.25, 0.3) is 11.6 Å². The average molecular weight is 290 g/mol. The standard InChI is InChI=1S/C21H22O/c1-15-10-11-16(2)21(18(15)4)20(13-12-17(3)22)14-19-8-6-5-7-9-19/h5-14H,1-4H3. The molecule has 22 heavy (non-hydrogen) atoms. The predicted molar refractivity (Wildman–Crippen MR) is 94.8 cm³/mol. The summed E-state index contributed by atoms with van der Waals surface area (Å²) in [5.74, 6) is 0.0573. The van der Waals surface area contributed by atoms with Crippen molar-refractivity contribution in [2.24, 2.45) is 0 Å². The molecule has 0 atom stereocenters. The van der Waals surface area contributed by atoms with Gasteiger partial charge in [-0.05, 0) is 73.2 Å². The zero-order chi connectivity index (χ0) is 16.1. The molecule has 1 heteroatoms. The SMILES string of the molecule is CC(=O)C=CC(=Cc1ccccc1)c1c(C)ccc(C)c1C. The minimum absolute atomic E-state index is 0.0573. The molecule has 0 saturated carbocycles. The van der Waals surface area contributed by atoms with Gasteiger partial charge in [0.05, 0.1) is 0 Å². The highest BCUT2D eigenvalue weighted by Gasteiger charge is 2.09. The Morgan fingerprint density at radius 2 is 1.50 bits per heavy atom. The molecular formula is C21H22O. The van der Waals surface area contributed by atoms with Crippen LogP contribution in [0, 0.1) is 20.8 Å². The third-order valence-corrected chi connectivity index (χ3v) is 3.85. The average Bonchev–Trinajstić information content (AvgIpc) is 2.49. The third-order valence-electron chi connectivity index (χ3n) is 3.85. The van der Waals surface area contributed by atoms with E-state index in [0.717, 1.165) is 11.1 Å². The third kappa shape index (κ3) is 3.82. The van der Waals surface area contributed by atoms with E-state index in [1.165, 1.54) is 22.3 Å². The number of carbonyl (C=O) groups excluding carboxylic acids is 1. The van der Waals surface area contributed by atoms with E-state index in [-0.39, 0.29) is 5.78 Å². The van der Waals surface area contributed by atoms with Gasteiger partial charge in [0.1, 0.15) is 0 Å². The van der Waals surface area contributed by atoms with Crippen LogP contribution in [0.2, 0.25) is 0 Å². The van der Waals surface area contributed by atoms with Gasteiger partial charge in [0.2, 0.25) is 0 Å². The minimum Gasteiger partial charge on any atom is -0.295 e. The highest BCUT2D eigenvalue weighted by molar-refractivity contribution is 5.95. The summed E-state index contributed by atoms with van der Waals surface area (Å²) in [6, 6.07) is 14.5. The summed E-state index contributed by atoms with van der Waals surface area (Å²) in [6.07, 6.45) is 5.69. The second kappa shape index (κ2) is 7.04. The van der Waals surface area contributed by atoms with Gasteiger partial charge in [-0.3, -0.25) is 4.79 Å². The first-order chi connectivity index (χ1) is 10.5. The molecule has 112 valence electrons. The van der Waals surface area contributed by atoms with Gasteiger partial charge in [-0.25, -0.2) is 0 Å². The molecule has 0 unspecified atom stereocenters. The number of rotatable bonds is 4. The molecule has 0 N–H and O–H groups in total. The molecule has 0 aliphatic carbocycles. The molecule has 0 amide bonds.